The molecule has 2 N–H and O–H groups in total. The van der Waals surface area contributed by atoms with E-state index in [9.17, 15) is 0 Å². The molecule has 2 rings (SSSR count). The summed E-state index contributed by atoms with van der Waals surface area (Å²) in [5.41, 5.74) is 0. The maximum atomic E-state index is 4.09. The Balaban J connectivity index is 2.03. The summed E-state index contributed by atoms with van der Waals surface area (Å²) in [6.07, 6.45) is 6.22. The molecule has 0 aromatic carbocycles. The molecule has 0 spiro atoms. The van der Waals surface area contributed by atoms with Gasteiger partial charge in [-0.25, -0.2) is 4.98 Å². The molecule has 0 atom stereocenters. The summed E-state index contributed by atoms with van der Waals surface area (Å²) >= 11 is 0. The zero-order chi connectivity index (χ0) is 6.81. The maximum Gasteiger partial charge on any atom is 0.389 e. The second-order valence-corrected chi connectivity index (χ2v) is 2.55. The molecule has 0 saturated heterocycles. The molecule has 3 heteroatoms. The van der Waals surface area contributed by atoms with E-state index in [-0.39, 0.29) is 0 Å². The summed E-state index contributed by atoms with van der Waals surface area (Å²) in [7, 11) is 0. The molecule has 52 valence electrons. The minimum Gasteiger partial charge on any atom is -0.272 e. The molecule has 1 heterocycles. The van der Waals surface area contributed by atoms with Crippen molar-refractivity contribution in [2.45, 2.75) is 18.9 Å². The van der Waals surface area contributed by atoms with Crippen LogP contribution in [-0.4, -0.2) is 11.0 Å². The summed E-state index contributed by atoms with van der Waals surface area (Å²) in [5.74, 6) is 0.880. The molecule has 1 saturated carbocycles. The van der Waals surface area contributed by atoms with Crippen LogP contribution in [0.5, 0.6) is 0 Å². The molecule has 1 aliphatic carbocycles. The molecule has 0 unspecified atom stereocenters. The second kappa shape index (κ2) is 2.25. The summed E-state index contributed by atoms with van der Waals surface area (Å²) < 4.78 is 0. The third kappa shape index (κ3) is 1.23. The Kier molecular flexibility index (Phi) is 1.27. The zero-order valence-electron chi connectivity index (χ0n) is 5.67. The summed E-state index contributed by atoms with van der Waals surface area (Å²) in [6, 6.07) is 2.55. The van der Waals surface area contributed by atoms with Gasteiger partial charge in [-0.05, 0) is 12.8 Å². The minimum atomic E-state index is 0.672. The van der Waals surface area contributed by atoms with Gasteiger partial charge in [0.05, 0.1) is 12.2 Å². The molecule has 10 heavy (non-hydrogen) atoms. The number of H-pyrrole nitrogens is 1. The lowest BCUT2D eigenvalue weighted by molar-refractivity contribution is -0.365. The van der Waals surface area contributed by atoms with Crippen molar-refractivity contribution in [3.8, 4) is 0 Å². The Morgan fingerprint density at radius 1 is 1.60 bits per heavy atom. The molecular formula is C7H10N3+. The molecule has 3 nitrogen and oxygen atoms in total. The van der Waals surface area contributed by atoms with E-state index in [1.165, 1.54) is 12.8 Å². The van der Waals surface area contributed by atoms with Crippen LogP contribution >= 0.6 is 0 Å². The van der Waals surface area contributed by atoms with Gasteiger partial charge in [0.2, 0.25) is 0 Å². The van der Waals surface area contributed by atoms with Crippen LogP contribution in [0.15, 0.2) is 18.5 Å². The highest BCUT2D eigenvalue weighted by atomic mass is 15.1. The molecule has 1 fully saturated rings. The van der Waals surface area contributed by atoms with Gasteiger partial charge in [-0.1, -0.05) is 4.98 Å². The number of aromatic amines is 1. The average Bonchev–Trinajstić information content (AvgIpc) is 2.74. The monoisotopic (exact) mass is 136 g/mol. The van der Waals surface area contributed by atoms with Gasteiger partial charge in [-0.2, -0.15) is 0 Å². The van der Waals surface area contributed by atoms with Crippen molar-refractivity contribution in [1.29, 1.82) is 0 Å². The third-order valence-electron chi connectivity index (χ3n) is 1.52. The van der Waals surface area contributed by atoms with Crippen molar-refractivity contribution in [2.75, 3.05) is 5.32 Å². The Morgan fingerprint density at radius 3 is 3.10 bits per heavy atom. The number of rotatable bonds is 2. The van der Waals surface area contributed by atoms with E-state index in [0.29, 0.717) is 6.04 Å². The van der Waals surface area contributed by atoms with Crippen molar-refractivity contribution in [2.24, 2.45) is 0 Å². The van der Waals surface area contributed by atoms with Crippen LogP contribution in [0, 0.1) is 0 Å². The van der Waals surface area contributed by atoms with Crippen LogP contribution in [0.3, 0.4) is 0 Å². The minimum absolute atomic E-state index is 0.672. The van der Waals surface area contributed by atoms with Gasteiger partial charge in [0, 0.05) is 6.07 Å². The van der Waals surface area contributed by atoms with E-state index in [1.54, 1.807) is 6.20 Å². The van der Waals surface area contributed by atoms with Crippen LogP contribution in [-0.2, 0) is 0 Å². The Labute approximate surface area is 59.5 Å². The molecule has 0 bridgehead atoms. The lowest BCUT2D eigenvalue weighted by atomic mass is 10.6. The van der Waals surface area contributed by atoms with E-state index < -0.39 is 0 Å². The van der Waals surface area contributed by atoms with Crippen molar-refractivity contribution >= 4 is 5.95 Å². The predicted molar refractivity (Wildman–Crippen MR) is 37.4 cm³/mol. The molecule has 0 aliphatic heterocycles. The predicted octanol–water partition coefficient (Wildman–Crippen LogP) is 0.470. The molecule has 0 radical (unpaired) electrons. The van der Waals surface area contributed by atoms with Crippen LogP contribution in [0.2, 0.25) is 0 Å². The van der Waals surface area contributed by atoms with Crippen molar-refractivity contribution in [1.82, 2.24) is 4.98 Å². The third-order valence-corrected chi connectivity index (χ3v) is 1.52. The van der Waals surface area contributed by atoms with E-state index in [2.05, 4.69) is 15.3 Å². The van der Waals surface area contributed by atoms with Gasteiger partial charge in [-0.3, -0.25) is 5.32 Å². The average molecular weight is 136 g/mol. The Morgan fingerprint density at radius 2 is 2.50 bits per heavy atom. The lowest BCUT2D eigenvalue weighted by Gasteiger charge is -1.90. The van der Waals surface area contributed by atoms with Crippen LogP contribution in [0.25, 0.3) is 0 Å². The first kappa shape index (κ1) is 5.65. The first-order valence-corrected chi connectivity index (χ1v) is 3.54. The fourth-order valence-electron chi connectivity index (χ4n) is 0.825. The second-order valence-electron chi connectivity index (χ2n) is 2.55. The highest BCUT2D eigenvalue weighted by Gasteiger charge is 2.25. The van der Waals surface area contributed by atoms with Gasteiger partial charge in [-0.15, -0.1) is 0 Å². The molecule has 1 aromatic heterocycles. The summed E-state index contributed by atoms with van der Waals surface area (Å²) in [6.45, 7) is 0. The van der Waals surface area contributed by atoms with Crippen molar-refractivity contribution < 1.29 is 4.98 Å². The molecular weight excluding hydrogens is 126 g/mol. The summed E-state index contributed by atoms with van der Waals surface area (Å²) in [4.78, 5) is 7.11. The SMILES string of the molecule is c1cnc(NC2CC2)[nH+]c1. The number of aromatic nitrogens is 2. The molecule has 1 aromatic rings. The van der Waals surface area contributed by atoms with E-state index >= 15 is 0 Å². The van der Waals surface area contributed by atoms with Gasteiger partial charge < -0.3 is 0 Å². The molecule has 0 amide bonds. The van der Waals surface area contributed by atoms with E-state index in [0.717, 1.165) is 5.95 Å². The number of nitrogens with zero attached hydrogens (tertiary/aromatic N) is 1. The molecule has 1 aliphatic rings. The fraction of sp³-hybridized carbons (Fsp3) is 0.429. The Hall–Kier alpha value is -1.12. The van der Waals surface area contributed by atoms with Gasteiger partial charge in [0.1, 0.15) is 6.20 Å². The largest absolute Gasteiger partial charge is 0.389 e. The standard InChI is InChI=1S/C7H9N3/c1-4-8-7(9-5-1)10-6-2-3-6/h1,4-6H,2-3H2,(H,8,9,10)/p+1. The van der Waals surface area contributed by atoms with Crippen molar-refractivity contribution in [3.63, 3.8) is 0 Å². The van der Waals surface area contributed by atoms with E-state index in [4.69, 9.17) is 0 Å². The smallest absolute Gasteiger partial charge is 0.272 e. The first-order valence-electron chi connectivity index (χ1n) is 3.54. The first-order chi connectivity index (χ1) is 4.95. The van der Waals surface area contributed by atoms with Gasteiger partial charge >= 0.3 is 5.95 Å². The number of nitrogens with one attached hydrogen (secondary N) is 2. The number of hydrogen-bond donors (Lipinski definition) is 1. The quantitative estimate of drug-likeness (QED) is 0.642. The maximum absolute atomic E-state index is 4.09. The van der Waals surface area contributed by atoms with Crippen LogP contribution in [0.4, 0.5) is 5.95 Å². The number of anilines is 1. The van der Waals surface area contributed by atoms with Gasteiger partial charge in [0.15, 0.2) is 0 Å². The lowest BCUT2D eigenvalue weighted by Crippen LogP contribution is -2.15. The van der Waals surface area contributed by atoms with Gasteiger partial charge in [0.25, 0.3) is 0 Å². The normalized spacial score (nSPS) is 16.8. The van der Waals surface area contributed by atoms with E-state index in [1.807, 2.05) is 12.3 Å². The highest BCUT2D eigenvalue weighted by Crippen LogP contribution is 2.21. The topological polar surface area (TPSA) is 39.1 Å². The van der Waals surface area contributed by atoms with Crippen molar-refractivity contribution in [3.05, 3.63) is 18.5 Å². The zero-order valence-corrected chi connectivity index (χ0v) is 5.67. The number of hydrogen-bond acceptors (Lipinski definition) is 2. The Bertz CT molecular complexity index is 205. The fourth-order valence-corrected chi connectivity index (χ4v) is 0.825. The van der Waals surface area contributed by atoms with Crippen LogP contribution < -0.4 is 10.3 Å². The summed E-state index contributed by atoms with van der Waals surface area (Å²) in [5, 5.41) is 3.25. The highest BCUT2D eigenvalue weighted by molar-refractivity contribution is 5.20. The van der Waals surface area contributed by atoms with Crippen LogP contribution in [0.1, 0.15) is 12.8 Å².